The second-order valence-corrected chi connectivity index (χ2v) is 11.3. The summed E-state index contributed by atoms with van der Waals surface area (Å²) in [7, 11) is 1.55. The van der Waals surface area contributed by atoms with Crippen molar-refractivity contribution in [3.05, 3.63) is 84.7 Å². The topological polar surface area (TPSA) is 94.2 Å². The Morgan fingerprint density at radius 3 is 2.46 bits per heavy atom. The van der Waals surface area contributed by atoms with E-state index in [1.165, 1.54) is 0 Å². The van der Waals surface area contributed by atoms with Gasteiger partial charge in [-0.15, -0.1) is 0 Å². The van der Waals surface area contributed by atoms with Crippen LogP contribution in [0.3, 0.4) is 0 Å². The highest BCUT2D eigenvalue weighted by Crippen LogP contribution is 2.39. The van der Waals surface area contributed by atoms with Gasteiger partial charge in [-0.1, -0.05) is 12.1 Å². The summed E-state index contributed by atoms with van der Waals surface area (Å²) in [4.78, 5) is 39.2. The minimum atomic E-state index is -0.539. The zero-order valence-electron chi connectivity index (χ0n) is 21.0. The summed E-state index contributed by atoms with van der Waals surface area (Å²) in [6.45, 7) is 2.24. The normalized spacial score (nSPS) is 14.1. The number of carbonyl (C=O) groups excluding carboxylic acids is 3. The minimum absolute atomic E-state index is 0.208. The van der Waals surface area contributed by atoms with E-state index < -0.39 is 23.6 Å². The summed E-state index contributed by atoms with van der Waals surface area (Å²) < 4.78 is 18.7. The molecule has 0 atom stereocenters. The molecule has 1 fully saturated rings. The van der Waals surface area contributed by atoms with Crippen LogP contribution in [0, 0.1) is 3.57 Å². The first-order valence-corrected chi connectivity index (χ1v) is 14.5. The molecule has 1 heterocycles. The Kier molecular flexibility index (Phi) is 9.92. The quantitative estimate of drug-likeness (QED) is 0.184. The van der Waals surface area contributed by atoms with E-state index in [2.05, 4.69) is 43.8 Å². The number of anilines is 1. The highest BCUT2D eigenvalue weighted by Gasteiger charge is 2.36. The van der Waals surface area contributed by atoms with Crippen LogP contribution in [0.1, 0.15) is 18.1 Å². The van der Waals surface area contributed by atoms with Gasteiger partial charge in [-0.3, -0.25) is 19.3 Å². The fourth-order valence-electron chi connectivity index (χ4n) is 3.62. The molecule has 0 bridgehead atoms. The molecule has 0 radical (unpaired) electrons. The van der Waals surface area contributed by atoms with E-state index in [1.807, 2.05) is 31.2 Å². The van der Waals surface area contributed by atoms with Crippen LogP contribution in [-0.2, 0) is 16.2 Å². The van der Waals surface area contributed by atoms with Gasteiger partial charge >= 0.3 is 0 Å². The number of hydrogen-bond donors (Lipinski definition) is 1. The van der Waals surface area contributed by atoms with Crippen LogP contribution >= 0.6 is 50.3 Å². The van der Waals surface area contributed by atoms with Crippen molar-refractivity contribution < 1.29 is 28.6 Å². The Morgan fingerprint density at radius 2 is 1.79 bits per heavy atom. The highest BCUT2D eigenvalue weighted by molar-refractivity contribution is 14.1. The van der Waals surface area contributed by atoms with E-state index >= 15 is 0 Å². The third-order valence-corrected chi connectivity index (χ3v) is 7.69. The van der Waals surface area contributed by atoms with E-state index in [0.717, 1.165) is 25.8 Å². The third kappa shape index (κ3) is 7.55. The zero-order chi connectivity index (χ0) is 27.9. The molecule has 3 amide bonds. The number of thioether (sulfide) groups is 1. The minimum Gasteiger partial charge on any atom is -0.497 e. The number of nitrogens with one attached hydrogen (secondary N) is 1. The maximum atomic E-state index is 13.0. The number of carbonyl (C=O) groups is 3. The van der Waals surface area contributed by atoms with E-state index in [1.54, 1.807) is 49.6 Å². The lowest BCUT2D eigenvalue weighted by Gasteiger charge is -2.15. The Balaban J connectivity index is 1.46. The van der Waals surface area contributed by atoms with Gasteiger partial charge in [-0.25, -0.2) is 0 Å². The summed E-state index contributed by atoms with van der Waals surface area (Å²) in [5.74, 6) is 0.661. The fraction of sp³-hybridized carbons (Fsp3) is 0.179. The average Bonchev–Trinajstić information content (AvgIpc) is 3.17. The number of rotatable bonds is 10. The molecule has 3 aromatic carbocycles. The Labute approximate surface area is 252 Å². The second-order valence-electron chi connectivity index (χ2n) is 8.22. The highest BCUT2D eigenvalue weighted by atomic mass is 127. The predicted octanol–water partition coefficient (Wildman–Crippen LogP) is 6.72. The van der Waals surface area contributed by atoms with Crippen LogP contribution in [0.25, 0.3) is 6.08 Å². The molecule has 1 aliphatic heterocycles. The second kappa shape index (κ2) is 13.4. The number of halogens is 2. The Hall–Kier alpha value is -3.03. The molecule has 1 saturated heterocycles. The number of benzene rings is 3. The summed E-state index contributed by atoms with van der Waals surface area (Å²) in [6, 6.07) is 18.3. The van der Waals surface area contributed by atoms with E-state index in [9.17, 15) is 14.4 Å². The third-order valence-electron chi connectivity index (χ3n) is 5.47. The van der Waals surface area contributed by atoms with Gasteiger partial charge in [0.15, 0.2) is 11.5 Å². The first-order chi connectivity index (χ1) is 18.8. The molecule has 0 unspecified atom stereocenters. The van der Waals surface area contributed by atoms with Crippen molar-refractivity contribution in [3.8, 4) is 17.2 Å². The van der Waals surface area contributed by atoms with Crippen molar-refractivity contribution in [2.45, 2.75) is 13.5 Å². The number of ether oxygens (including phenoxy) is 3. The molecule has 3 aromatic rings. The molecule has 39 heavy (non-hydrogen) atoms. The lowest BCUT2D eigenvalue weighted by Crippen LogP contribution is -2.36. The Bertz CT molecular complexity index is 1410. The van der Waals surface area contributed by atoms with Crippen LogP contribution in [0.2, 0.25) is 0 Å². The number of imide groups is 1. The molecular weight excluding hydrogens is 699 g/mol. The summed E-state index contributed by atoms with van der Waals surface area (Å²) >= 11 is 6.58. The van der Waals surface area contributed by atoms with Crippen LogP contribution in [0.5, 0.6) is 17.2 Å². The fourth-order valence-corrected chi connectivity index (χ4v) is 5.39. The molecule has 1 N–H and O–H groups in total. The van der Waals surface area contributed by atoms with Gasteiger partial charge < -0.3 is 19.5 Å². The molecule has 202 valence electrons. The van der Waals surface area contributed by atoms with Crippen molar-refractivity contribution in [2.24, 2.45) is 0 Å². The average molecular weight is 723 g/mol. The lowest BCUT2D eigenvalue weighted by molar-refractivity contribution is -0.127. The van der Waals surface area contributed by atoms with Gasteiger partial charge in [-0.05, 0) is 123 Å². The van der Waals surface area contributed by atoms with Crippen molar-refractivity contribution in [3.63, 3.8) is 0 Å². The van der Waals surface area contributed by atoms with Gasteiger partial charge in [0.25, 0.3) is 11.1 Å². The molecule has 11 heteroatoms. The number of nitrogens with zero attached hydrogens (tertiary/aromatic N) is 1. The molecule has 8 nitrogen and oxygen atoms in total. The van der Waals surface area contributed by atoms with Crippen molar-refractivity contribution in [1.29, 1.82) is 0 Å². The summed E-state index contributed by atoms with van der Waals surface area (Å²) in [6.07, 6.45) is 1.60. The van der Waals surface area contributed by atoms with Crippen LogP contribution < -0.4 is 19.5 Å². The molecular formula is C28H24BrIN2O6S. The molecule has 0 aliphatic carbocycles. The van der Waals surface area contributed by atoms with Gasteiger partial charge in [0.2, 0.25) is 5.91 Å². The smallest absolute Gasteiger partial charge is 0.294 e. The molecule has 0 saturated carbocycles. The number of methoxy groups -OCH3 is 1. The maximum absolute atomic E-state index is 13.0. The van der Waals surface area contributed by atoms with Crippen LogP contribution in [-0.4, -0.2) is 42.2 Å². The number of hydrogen-bond acceptors (Lipinski definition) is 7. The van der Waals surface area contributed by atoms with Crippen molar-refractivity contribution in [1.82, 2.24) is 4.90 Å². The SMILES string of the molecule is CCOc1cc(/C=C2/SC(=O)N(CC(=O)Nc3ccc(OC)cc3)C2=O)cc(Br)c1OCc1ccc(I)cc1. The predicted molar refractivity (Wildman–Crippen MR) is 163 cm³/mol. The summed E-state index contributed by atoms with van der Waals surface area (Å²) in [5, 5.41) is 2.17. The van der Waals surface area contributed by atoms with E-state index in [4.69, 9.17) is 14.2 Å². The molecule has 4 rings (SSSR count). The van der Waals surface area contributed by atoms with Crippen LogP contribution in [0.4, 0.5) is 10.5 Å². The molecule has 1 aliphatic rings. The first kappa shape index (κ1) is 29.0. The largest absolute Gasteiger partial charge is 0.497 e. The molecule has 0 spiro atoms. The zero-order valence-corrected chi connectivity index (χ0v) is 25.6. The maximum Gasteiger partial charge on any atom is 0.294 e. The first-order valence-electron chi connectivity index (χ1n) is 11.8. The van der Waals surface area contributed by atoms with E-state index in [0.29, 0.717) is 46.2 Å². The molecule has 0 aromatic heterocycles. The van der Waals surface area contributed by atoms with Gasteiger partial charge in [0, 0.05) is 9.26 Å². The Morgan fingerprint density at radius 1 is 1.08 bits per heavy atom. The van der Waals surface area contributed by atoms with Gasteiger partial charge in [0.05, 0.1) is 23.1 Å². The van der Waals surface area contributed by atoms with Crippen LogP contribution in [0.15, 0.2) is 70.0 Å². The lowest BCUT2D eigenvalue weighted by atomic mass is 10.1. The van der Waals surface area contributed by atoms with Crippen molar-refractivity contribution in [2.75, 3.05) is 25.6 Å². The van der Waals surface area contributed by atoms with E-state index in [-0.39, 0.29) is 4.91 Å². The number of amides is 3. The standard InChI is InChI=1S/C28H24BrIN2O6S/c1-3-37-23-13-18(12-22(29)26(23)38-16-17-4-6-19(30)7-5-17)14-24-27(34)32(28(35)39-24)15-25(33)31-20-8-10-21(36-2)11-9-20/h4-14H,3,15-16H2,1-2H3,(H,31,33)/b24-14+. The summed E-state index contributed by atoms with van der Waals surface area (Å²) in [5.41, 5.74) is 2.18. The van der Waals surface area contributed by atoms with Gasteiger partial charge in [-0.2, -0.15) is 0 Å². The monoisotopic (exact) mass is 722 g/mol. The van der Waals surface area contributed by atoms with Crippen molar-refractivity contribution >= 4 is 79.1 Å². The van der Waals surface area contributed by atoms with Gasteiger partial charge in [0.1, 0.15) is 18.9 Å².